The maximum Gasteiger partial charge on any atom is 0.337 e. The second-order valence-corrected chi connectivity index (χ2v) is 7.11. The molecule has 166 valence electrons. The zero-order valence-corrected chi connectivity index (χ0v) is 19.6. The quantitative estimate of drug-likeness (QED) is 0.360. The first-order chi connectivity index (χ1) is 14.6. The number of halogens is 1. The van der Waals surface area contributed by atoms with E-state index in [0.717, 1.165) is 16.5 Å². The molecule has 0 amide bonds. The minimum Gasteiger partial charge on any atom is -0.465 e. The third kappa shape index (κ3) is 13.1. The molecular formula is C24H28BrO6+. The van der Waals surface area contributed by atoms with Crippen LogP contribution in [-0.2, 0) is 20.7 Å². The number of hydrogen-bond donors (Lipinski definition) is 1. The molecule has 1 atom stereocenters. The Kier molecular flexibility index (Phi) is 14.4. The van der Waals surface area contributed by atoms with Gasteiger partial charge >= 0.3 is 11.9 Å². The first-order valence-electron chi connectivity index (χ1n) is 9.28. The topological polar surface area (TPSA) is 89.9 Å². The lowest BCUT2D eigenvalue weighted by molar-refractivity contribution is -0.116. The van der Waals surface area contributed by atoms with Gasteiger partial charge in [0.25, 0.3) is 0 Å². The lowest BCUT2D eigenvalue weighted by Gasteiger charge is -2.01. The summed E-state index contributed by atoms with van der Waals surface area (Å²) < 4.78 is 10.1. The second kappa shape index (κ2) is 15.9. The molecule has 0 heterocycles. The van der Waals surface area contributed by atoms with E-state index in [1.165, 1.54) is 20.3 Å². The van der Waals surface area contributed by atoms with Crippen LogP contribution in [0.15, 0.2) is 65.7 Å². The number of rotatable bonds is 6. The molecule has 0 fully saturated rings. The Morgan fingerprint density at radius 2 is 1.39 bits per heavy atom. The van der Waals surface area contributed by atoms with E-state index in [1.54, 1.807) is 43.3 Å². The van der Waals surface area contributed by atoms with Crippen molar-refractivity contribution in [3.63, 3.8) is 0 Å². The Morgan fingerprint density at radius 3 is 1.71 bits per heavy atom. The number of Topliss-reactive ketones (excluding diaryl/α,β-unsaturated/α-hetero) is 1. The lowest BCUT2D eigenvalue weighted by atomic mass is 10.1. The van der Waals surface area contributed by atoms with Crippen molar-refractivity contribution in [3.8, 4) is 0 Å². The van der Waals surface area contributed by atoms with Crippen molar-refractivity contribution < 1.29 is 29.0 Å². The zero-order chi connectivity index (χ0) is 23.8. The molecule has 2 rings (SSSR count). The fourth-order valence-corrected chi connectivity index (χ4v) is 2.21. The number of benzene rings is 2. The molecule has 0 bridgehead atoms. The Bertz CT molecular complexity index is 826. The highest BCUT2D eigenvalue weighted by Gasteiger charge is 2.04. The average Bonchev–Trinajstić information content (AvgIpc) is 2.78. The number of esters is 2. The van der Waals surface area contributed by atoms with Gasteiger partial charge in [-0.05, 0) is 61.4 Å². The highest BCUT2D eigenvalue weighted by Crippen LogP contribution is 2.11. The Labute approximate surface area is 192 Å². The normalized spacial score (nSPS) is 10.2. The van der Waals surface area contributed by atoms with Crippen molar-refractivity contribution in [1.82, 2.24) is 0 Å². The number of ether oxygens (including phenoxy) is 2. The van der Waals surface area contributed by atoms with Gasteiger partial charge < -0.3 is 19.4 Å². The summed E-state index contributed by atoms with van der Waals surface area (Å²) in [5.74, 6) is -0.474. The SMILES string of the molecule is C=CC([CH2+])O.COC(=O)c1ccc(Br)cc1.COC(=O)c1ccc(CCC(C)=O)cc1. The van der Waals surface area contributed by atoms with Gasteiger partial charge in [-0.25, -0.2) is 9.59 Å². The number of methoxy groups -OCH3 is 2. The summed E-state index contributed by atoms with van der Waals surface area (Å²) in [5, 5.41) is 8.13. The number of aliphatic hydroxyl groups excluding tert-OH is 1. The predicted molar refractivity (Wildman–Crippen MR) is 124 cm³/mol. The van der Waals surface area contributed by atoms with Crippen LogP contribution in [0.2, 0.25) is 0 Å². The van der Waals surface area contributed by atoms with E-state index in [1.807, 2.05) is 12.1 Å². The molecular weight excluding hydrogens is 464 g/mol. The van der Waals surface area contributed by atoms with Gasteiger partial charge in [-0.3, -0.25) is 0 Å². The van der Waals surface area contributed by atoms with Gasteiger partial charge in [-0.2, -0.15) is 0 Å². The van der Waals surface area contributed by atoms with Crippen LogP contribution in [0.3, 0.4) is 0 Å². The maximum atomic E-state index is 11.1. The molecule has 0 saturated carbocycles. The van der Waals surface area contributed by atoms with Crippen molar-refractivity contribution in [2.45, 2.75) is 25.9 Å². The van der Waals surface area contributed by atoms with E-state index < -0.39 is 6.10 Å². The number of aliphatic hydroxyl groups is 1. The molecule has 31 heavy (non-hydrogen) atoms. The minimum atomic E-state index is -0.602. The molecule has 0 aliphatic heterocycles. The summed E-state index contributed by atoms with van der Waals surface area (Å²) in [6, 6.07) is 14.1. The molecule has 7 heteroatoms. The van der Waals surface area contributed by atoms with Crippen molar-refractivity contribution in [2.24, 2.45) is 0 Å². The van der Waals surface area contributed by atoms with Gasteiger partial charge in [-0.15, -0.1) is 0 Å². The lowest BCUT2D eigenvalue weighted by Crippen LogP contribution is -2.01. The summed E-state index contributed by atoms with van der Waals surface area (Å²) in [7, 11) is 2.72. The molecule has 0 radical (unpaired) electrons. The second-order valence-electron chi connectivity index (χ2n) is 6.19. The van der Waals surface area contributed by atoms with E-state index in [-0.39, 0.29) is 17.7 Å². The van der Waals surface area contributed by atoms with Crippen LogP contribution in [0.25, 0.3) is 0 Å². The van der Waals surface area contributed by atoms with Crippen molar-refractivity contribution in [3.05, 3.63) is 89.3 Å². The fourth-order valence-electron chi connectivity index (χ4n) is 1.95. The molecule has 2 aromatic rings. The van der Waals surface area contributed by atoms with Gasteiger partial charge in [0, 0.05) is 10.9 Å². The summed E-state index contributed by atoms with van der Waals surface area (Å²) >= 11 is 3.26. The number of carbonyl (C=O) groups is 3. The van der Waals surface area contributed by atoms with Crippen LogP contribution in [0.4, 0.5) is 0 Å². The van der Waals surface area contributed by atoms with Crippen LogP contribution in [0, 0.1) is 6.92 Å². The number of carbonyl (C=O) groups excluding carboxylic acids is 3. The third-order valence-electron chi connectivity index (χ3n) is 3.68. The molecule has 1 unspecified atom stereocenters. The number of ketones is 1. The fraction of sp³-hybridized carbons (Fsp3) is 0.250. The van der Waals surface area contributed by atoms with Gasteiger partial charge in [0.2, 0.25) is 6.10 Å². The van der Waals surface area contributed by atoms with Gasteiger partial charge in [0.15, 0.2) is 0 Å². The van der Waals surface area contributed by atoms with Crippen molar-refractivity contribution in [2.75, 3.05) is 14.2 Å². The average molecular weight is 492 g/mol. The van der Waals surface area contributed by atoms with Crippen LogP contribution in [-0.4, -0.2) is 43.2 Å². The van der Waals surface area contributed by atoms with Crippen LogP contribution >= 0.6 is 15.9 Å². The maximum absolute atomic E-state index is 11.1. The molecule has 0 saturated heterocycles. The third-order valence-corrected chi connectivity index (χ3v) is 4.21. The molecule has 0 aliphatic carbocycles. The standard InChI is InChI=1S/C12H14O3.C8H7BrO2.C4H7O/c1-9(13)3-4-10-5-7-11(8-6-10)12(14)15-2;1-11-8(10)6-2-4-7(9)5-3-6;1-3-4(2)5/h5-8H,3-4H2,1-2H3;2-5H,1H3;3-5H,1-2H2/q;;+1. The number of aryl methyl sites for hydroxylation is 1. The molecule has 1 N–H and O–H groups in total. The minimum absolute atomic E-state index is 0.173. The first kappa shape index (κ1) is 28.1. The van der Waals surface area contributed by atoms with Crippen molar-refractivity contribution in [1.29, 1.82) is 0 Å². The summed E-state index contributed by atoms with van der Waals surface area (Å²) in [6.07, 6.45) is 2.02. The molecule has 6 nitrogen and oxygen atoms in total. The van der Waals surface area contributed by atoms with E-state index >= 15 is 0 Å². The monoisotopic (exact) mass is 491 g/mol. The van der Waals surface area contributed by atoms with Gasteiger partial charge in [0.05, 0.1) is 32.3 Å². The molecule has 2 aromatic carbocycles. The van der Waals surface area contributed by atoms with Crippen LogP contribution in [0.5, 0.6) is 0 Å². The summed E-state index contributed by atoms with van der Waals surface area (Å²) in [4.78, 5) is 32.8. The van der Waals surface area contributed by atoms with Gasteiger partial charge in [0.1, 0.15) is 5.78 Å². The predicted octanol–water partition coefficient (Wildman–Crippen LogP) is 4.60. The zero-order valence-electron chi connectivity index (χ0n) is 18.0. The Hall–Kier alpha value is -2.90. The van der Waals surface area contributed by atoms with Crippen LogP contribution in [0.1, 0.15) is 39.6 Å². The van der Waals surface area contributed by atoms with Crippen molar-refractivity contribution >= 4 is 33.7 Å². The highest BCUT2D eigenvalue weighted by molar-refractivity contribution is 9.10. The van der Waals surface area contributed by atoms with E-state index in [2.05, 4.69) is 38.9 Å². The molecule has 0 spiro atoms. The van der Waals surface area contributed by atoms with Crippen LogP contribution < -0.4 is 0 Å². The number of hydrogen-bond acceptors (Lipinski definition) is 6. The van der Waals surface area contributed by atoms with E-state index in [9.17, 15) is 14.4 Å². The highest BCUT2D eigenvalue weighted by atomic mass is 79.9. The van der Waals surface area contributed by atoms with E-state index in [4.69, 9.17) is 5.11 Å². The molecule has 0 aromatic heterocycles. The summed E-state index contributed by atoms with van der Waals surface area (Å²) in [5.41, 5.74) is 2.15. The Morgan fingerprint density at radius 1 is 1.00 bits per heavy atom. The Balaban J connectivity index is 0.000000492. The van der Waals surface area contributed by atoms with Gasteiger partial charge in [-0.1, -0.05) is 34.6 Å². The van der Waals surface area contributed by atoms with E-state index in [0.29, 0.717) is 17.5 Å². The first-order valence-corrected chi connectivity index (χ1v) is 10.1. The largest absolute Gasteiger partial charge is 0.465 e. The molecule has 0 aliphatic rings. The smallest absolute Gasteiger partial charge is 0.337 e. The summed E-state index contributed by atoms with van der Waals surface area (Å²) in [6.45, 7) is 8.01.